The minimum atomic E-state index is 0.588. The number of hydrogen-bond donors (Lipinski definition) is 0. The van der Waals surface area contributed by atoms with E-state index in [1.165, 1.54) is 0 Å². The molecule has 2 rings (SSSR count). The number of nitriles is 1. The van der Waals surface area contributed by atoms with Gasteiger partial charge in [-0.15, -0.1) is 0 Å². The first-order valence-corrected chi connectivity index (χ1v) is 6.12. The van der Waals surface area contributed by atoms with Crippen molar-refractivity contribution in [3.63, 3.8) is 0 Å². The molecule has 0 unspecified atom stereocenters. The largest absolute Gasteiger partial charge is 0.497 e. The van der Waals surface area contributed by atoms with Crippen molar-refractivity contribution in [1.29, 1.82) is 5.26 Å². The Bertz CT molecular complexity index is 639. The molecule has 0 saturated heterocycles. The van der Waals surface area contributed by atoms with Gasteiger partial charge in [-0.2, -0.15) is 5.26 Å². The first kappa shape index (κ1) is 13.2. The number of benzene rings is 2. The molecule has 2 aromatic rings. The number of hydrogen-bond acceptors (Lipinski definition) is 2. The minimum absolute atomic E-state index is 0.588. The van der Waals surface area contributed by atoms with Crippen LogP contribution in [-0.2, 0) is 0 Å². The highest BCUT2D eigenvalue weighted by molar-refractivity contribution is 6.30. The van der Waals surface area contributed by atoms with E-state index >= 15 is 0 Å². The second-order valence-electron chi connectivity index (χ2n) is 3.95. The molecule has 0 aliphatic rings. The molecule has 0 aromatic heterocycles. The quantitative estimate of drug-likeness (QED) is 0.611. The van der Waals surface area contributed by atoms with Crippen LogP contribution in [-0.4, -0.2) is 7.11 Å². The van der Waals surface area contributed by atoms with Crippen LogP contribution in [0, 0.1) is 11.3 Å². The summed E-state index contributed by atoms with van der Waals surface area (Å²) in [6.07, 6.45) is 1.83. The van der Waals surface area contributed by atoms with Crippen LogP contribution in [0.25, 0.3) is 11.6 Å². The summed E-state index contributed by atoms with van der Waals surface area (Å²) in [7, 11) is 1.62. The van der Waals surface area contributed by atoms with Crippen molar-refractivity contribution in [2.24, 2.45) is 0 Å². The van der Waals surface area contributed by atoms with Gasteiger partial charge in [0.25, 0.3) is 0 Å². The topological polar surface area (TPSA) is 33.0 Å². The highest BCUT2D eigenvalue weighted by Crippen LogP contribution is 2.21. The van der Waals surface area contributed by atoms with Gasteiger partial charge >= 0.3 is 0 Å². The summed E-state index contributed by atoms with van der Waals surface area (Å²) in [6.45, 7) is 0. The van der Waals surface area contributed by atoms with E-state index < -0.39 is 0 Å². The maximum absolute atomic E-state index is 9.25. The van der Waals surface area contributed by atoms with Gasteiger partial charge in [0.15, 0.2) is 0 Å². The summed E-state index contributed by atoms with van der Waals surface area (Å²) >= 11 is 5.84. The summed E-state index contributed by atoms with van der Waals surface area (Å²) in [5, 5.41) is 9.91. The Balaban J connectivity index is 2.38. The first-order chi connectivity index (χ1) is 9.22. The maximum Gasteiger partial charge on any atom is 0.119 e. The molecule has 0 aliphatic carbocycles. The van der Waals surface area contributed by atoms with E-state index in [9.17, 15) is 5.26 Å². The lowest BCUT2D eigenvalue weighted by Crippen LogP contribution is -1.84. The van der Waals surface area contributed by atoms with E-state index in [2.05, 4.69) is 6.07 Å². The average molecular weight is 270 g/mol. The number of rotatable bonds is 3. The Morgan fingerprint density at radius 1 is 1.21 bits per heavy atom. The van der Waals surface area contributed by atoms with E-state index in [1.54, 1.807) is 19.2 Å². The van der Waals surface area contributed by atoms with Gasteiger partial charge in [0.05, 0.1) is 18.8 Å². The lowest BCUT2D eigenvalue weighted by Gasteiger charge is -2.02. The fourth-order valence-corrected chi connectivity index (χ4v) is 1.83. The minimum Gasteiger partial charge on any atom is -0.497 e. The number of halogens is 1. The Kier molecular flexibility index (Phi) is 4.22. The van der Waals surface area contributed by atoms with Gasteiger partial charge < -0.3 is 4.74 Å². The van der Waals surface area contributed by atoms with Gasteiger partial charge in [-0.05, 0) is 41.5 Å². The number of nitrogens with zero attached hydrogens (tertiary/aromatic N) is 1. The first-order valence-electron chi connectivity index (χ1n) is 5.75. The number of ether oxygens (including phenoxy) is 1. The lowest BCUT2D eigenvalue weighted by atomic mass is 10.0. The zero-order valence-electron chi connectivity index (χ0n) is 10.4. The summed E-state index contributed by atoms with van der Waals surface area (Å²) in [6, 6.07) is 17.0. The Morgan fingerprint density at radius 3 is 2.58 bits per heavy atom. The van der Waals surface area contributed by atoms with Crippen LogP contribution in [0.2, 0.25) is 5.02 Å². The molecule has 0 aliphatic heterocycles. The molecule has 0 saturated carbocycles. The van der Waals surface area contributed by atoms with Crippen LogP contribution in [0.3, 0.4) is 0 Å². The molecule has 0 atom stereocenters. The summed E-state index contributed by atoms with van der Waals surface area (Å²) in [4.78, 5) is 0. The third kappa shape index (κ3) is 3.37. The predicted molar refractivity (Wildman–Crippen MR) is 77.9 cm³/mol. The van der Waals surface area contributed by atoms with Crippen molar-refractivity contribution in [1.82, 2.24) is 0 Å². The number of methoxy groups -OCH3 is 1. The molecule has 2 nitrogen and oxygen atoms in total. The van der Waals surface area contributed by atoms with Crippen molar-refractivity contribution in [3.8, 4) is 11.8 Å². The molecule has 0 radical (unpaired) electrons. The van der Waals surface area contributed by atoms with Crippen LogP contribution < -0.4 is 4.74 Å². The van der Waals surface area contributed by atoms with Crippen LogP contribution in [0.15, 0.2) is 48.5 Å². The van der Waals surface area contributed by atoms with Gasteiger partial charge in [-0.25, -0.2) is 0 Å². The molecule has 19 heavy (non-hydrogen) atoms. The smallest absolute Gasteiger partial charge is 0.119 e. The molecule has 3 heteroatoms. The normalized spacial score (nSPS) is 10.9. The van der Waals surface area contributed by atoms with Crippen LogP contribution in [0.4, 0.5) is 0 Å². The van der Waals surface area contributed by atoms with Gasteiger partial charge in [0.1, 0.15) is 5.75 Å². The second kappa shape index (κ2) is 6.08. The Morgan fingerprint density at radius 2 is 1.95 bits per heavy atom. The van der Waals surface area contributed by atoms with Crippen LogP contribution in [0.5, 0.6) is 5.75 Å². The molecule has 94 valence electrons. The average Bonchev–Trinajstić information content (AvgIpc) is 2.46. The molecular weight excluding hydrogens is 258 g/mol. The highest BCUT2D eigenvalue weighted by atomic mass is 35.5. The standard InChI is InChI=1S/C16H12ClNO/c1-19-16-4-2-3-12(10-16)9-14(11-18)13-5-7-15(17)8-6-13/h2-10H,1H3/b14-9+. The molecule has 0 fully saturated rings. The Hall–Kier alpha value is -2.24. The zero-order valence-corrected chi connectivity index (χ0v) is 11.2. The summed E-state index contributed by atoms with van der Waals surface area (Å²) in [5.74, 6) is 0.766. The van der Waals surface area contributed by atoms with Gasteiger partial charge in [0.2, 0.25) is 0 Å². The fourth-order valence-electron chi connectivity index (χ4n) is 1.71. The SMILES string of the molecule is COc1cccc(/C=C(\C#N)c2ccc(Cl)cc2)c1. The lowest BCUT2D eigenvalue weighted by molar-refractivity contribution is 0.414. The summed E-state index contributed by atoms with van der Waals surface area (Å²) in [5.41, 5.74) is 2.35. The molecule has 0 bridgehead atoms. The second-order valence-corrected chi connectivity index (χ2v) is 4.39. The predicted octanol–water partition coefficient (Wildman–Crippen LogP) is 4.41. The summed E-state index contributed by atoms with van der Waals surface area (Å²) < 4.78 is 5.16. The Labute approximate surface area is 117 Å². The van der Waals surface area contributed by atoms with E-state index in [0.29, 0.717) is 10.6 Å². The van der Waals surface area contributed by atoms with E-state index in [-0.39, 0.29) is 0 Å². The van der Waals surface area contributed by atoms with E-state index in [0.717, 1.165) is 16.9 Å². The van der Waals surface area contributed by atoms with Gasteiger partial charge in [-0.1, -0.05) is 35.9 Å². The molecule has 2 aromatic carbocycles. The maximum atomic E-state index is 9.25. The molecular formula is C16H12ClNO. The van der Waals surface area contributed by atoms with Crippen molar-refractivity contribution in [3.05, 3.63) is 64.7 Å². The van der Waals surface area contributed by atoms with Gasteiger partial charge in [-0.3, -0.25) is 0 Å². The molecule has 0 amide bonds. The molecule has 0 spiro atoms. The van der Waals surface area contributed by atoms with Crippen LogP contribution in [0.1, 0.15) is 11.1 Å². The van der Waals surface area contributed by atoms with E-state index in [4.69, 9.17) is 16.3 Å². The van der Waals surface area contributed by atoms with Crippen molar-refractivity contribution < 1.29 is 4.74 Å². The van der Waals surface area contributed by atoms with E-state index in [1.807, 2.05) is 42.5 Å². The van der Waals surface area contributed by atoms with Crippen molar-refractivity contribution in [2.75, 3.05) is 7.11 Å². The highest BCUT2D eigenvalue weighted by Gasteiger charge is 2.01. The fraction of sp³-hybridized carbons (Fsp3) is 0.0625. The van der Waals surface area contributed by atoms with Gasteiger partial charge in [0, 0.05) is 5.02 Å². The van der Waals surface area contributed by atoms with Crippen LogP contribution >= 0.6 is 11.6 Å². The molecule has 0 N–H and O–H groups in total. The number of allylic oxidation sites excluding steroid dienone is 1. The molecule has 0 heterocycles. The van der Waals surface area contributed by atoms with Crippen molar-refractivity contribution in [2.45, 2.75) is 0 Å². The zero-order chi connectivity index (χ0) is 13.7. The monoisotopic (exact) mass is 269 g/mol. The van der Waals surface area contributed by atoms with Crippen molar-refractivity contribution >= 4 is 23.3 Å². The third-order valence-electron chi connectivity index (χ3n) is 2.68. The third-order valence-corrected chi connectivity index (χ3v) is 2.93.